The van der Waals surface area contributed by atoms with Crippen molar-refractivity contribution < 1.29 is 0 Å². The van der Waals surface area contributed by atoms with Gasteiger partial charge in [-0.2, -0.15) is 5.10 Å². The summed E-state index contributed by atoms with van der Waals surface area (Å²) in [7, 11) is 0. The van der Waals surface area contributed by atoms with Crippen molar-refractivity contribution in [1.29, 1.82) is 0 Å². The molecule has 0 saturated carbocycles. The van der Waals surface area contributed by atoms with Crippen LogP contribution in [0.1, 0.15) is 0 Å². The molecule has 0 fully saturated rings. The lowest BCUT2D eigenvalue weighted by Gasteiger charge is -2.09. The molecular weight excluding hydrogens is 250 g/mol. The Kier molecular flexibility index (Phi) is 2.53. The van der Waals surface area contributed by atoms with E-state index in [-0.39, 0.29) is 0 Å². The number of hydrogen-bond donors (Lipinski definition) is 2. The van der Waals surface area contributed by atoms with Gasteiger partial charge in [0.05, 0.1) is 16.9 Å². The van der Waals surface area contributed by atoms with Crippen LogP contribution in [-0.4, -0.2) is 14.6 Å². The molecule has 5 nitrogen and oxygen atoms in total. The van der Waals surface area contributed by atoms with Gasteiger partial charge < -0.3 is 11.1 Å². The minimum absolute atomic E-state index is 0.590. The van der Waals surface area contributed by atoms with Crippen molar-refractivity contribution in [3.63, 3.8) is 0 Å². The summed E-state index contributed by atoms with van der Waals surface area (Å²) in [5.41, 5.74) is 7.97. The van der Waals surface area contributed by atoms with Gasteiger partial charge >= 0.3 is 0 Å². The molecule has 0 unspecified atom stereocenters. The maximum Gasteiger partial charge on any atom is 0.156 e. The van der Waals surface area contributed by atoms with Crippen LogP contribution >= 0.6 is 11.6 Å². The fourth-order valence-corrected chi connectivity index (χ4v) is 1.89. The molecule has 3 N–H and O–H groups in total. The van der Waals surface area contributed by atoms with Crippen LogP contribution in [0.15, 0.2) is 42.9 Å². The fraction of sp³-hybridized carbons (Fsp3) is 0. The van der Waals surface area contributed by atoms with E-state index in [1.165, 1.54) is 0 Å². The van der Waals surface area contributed by atoms with Crippen LogP contribution in [0, 0.1) is 0 Å². The van der Waals surface area contributed by atoms with Gasteiger partial charge in [-0.1, -0.05) is 11.6 Å². The Bertz CT molecular complexity index is 707. The standard InChI is InChI=1S/C12H10ClN5/c13-9-2-1-8(14)7-10(9)17-12-11-3-4-16-18(11)6-5-15-12/h1-7H,14H2,(H,15,17). The highest BCUT2D eigenvalue weighted by Crippen LogP contribution is 2.28. The van der Waals surface area contributed by atoms with Gasteiger partial charge in [-0.05, 0) is 24.3 Å². The second-order valence-electron chi connectivity index (χ2n) is 3.80. The van der Waals surface area contributed by atoms with Crippen LogP contribution in [-0.2, 0) is 0 Å². The third kappa shape index (κ3) is 1.84. The highest BCUT2D eigenvalue weighted by Gasteiger charge is 2.06. The van der Waals surface area contributed by atoms with Crippen LogP contribution in [0.2, 0.25) is 5.02 Å². The smallest absolute Gasteiger partial charge is 0.156 e. The molecule has 0 spiro atoms. The van der Waals surface area contributed by atoms with Gasteiger partial charge in [0.2, 0.25) is 0 Å². The van der Waals surface area contributed by atoms with E-state index in [0.29, 0.717) is 16.5 Å². The van der Waals surface area contributed by atoms with Gasteiger partial charge in [0.15, 0.2) is 5.82 Å². The third-order valence-electron chi connectivity index (χ3n) is 2.57. The summed E-state index contributed by atoms with van der Waals surface area (Å²) in [4.78, 5) is 4.27. The minimum Gasteiger partial charge on any atom is -0.399 e. The normalized spacial score (nSPS) is 10.7. The lowest BCUT2D eigenvalue weighted by Crippen LogP contribution is -1.99. The van der Waals surface area contributed by atoms with E-state index >= 15 is 0 Å². The molecule has 0 radical (unpaired) electrons. The molecule has 3 aromatic rings. The summed E-state index contributed by atoms with van der Waals surface area (Å²) in [6, 6.07) is 7.13. The number of aromatic nitrogens is 3. The predicted octanol–water partition coefficient (Wildman–Crippen LogP) is 2.71. The molecule has 0 amide bonds. The van der Waals surface area contributed by atoms with E-state index in [1.807, 2.05) is 6.07 Å². The highest BCUT2D eigenvalue weighted by molar-refractivity contribution is 6.33. The van der Waals surface area contributed by atoms with Crippen molar-refractivity contribution in [3.8, 4) is 0 Å². The summed E-state index contributed by atoms with van der Waals surface area (Å²) < 4.78 is 1.73. The molecule has 0 aliphatic carbocycles. The minimum atomic E-state index is 0.590. The molecule has 1 aromatic carbocycles. The van der Waals surface area contributed by atoms with E-state index < -0.39 is 0 Å². The molecule has 6 heteroatoms. The van der Waals surface area contributed by atoms with Gasteiger partial charge in [-0.15, -0.1) is 0 Å². The van der Waals surface area contributed by atoms with Crippen LogP contribution in [0.4, 0.5) is 17.2 Å². The summed E-state index contributed by atoms with van der Waals surface area (Å²) in [5.74, 6) is 0.683. The quantitative estimate of drug-likeness (QED) is 0.695. The molecule has 0 atom stereocenters. The highest BCUT2D eigenvalue weighted by atomic mass is 35.5. The first-order valence-electron chi connectivity index (χ1n) is 5.34. The Balaban J connectivity index is 2.06. The first-order valence-corrected chi connectivity index (χ1v) is 5.72. The van der Waals surface area contributed by atoms with Crippen molar-refractivity contribution in [1.82, 2.24) is 14.6 Å². The summed E-state index contributed by atoms with van der Waals surface area (Å²) in [5, 5.41) is 7.89. The van der Waals surface area contributed by atoms with E-state index in [9.17, 15) is 0 Å². The van der Waals surface area contributed by atoms with Gasteiger partial charge in [-0.3, -0.25) is 0 Å². The van der Waals surface area contributed by atoms with Crippen molar-refractivity contribution in [3.05, 3.63) is 47.9 Å². The van der Waals surface area contributed by atoms with Crippen molar-refractivity contribution in [2.45, 2.75) is 0 Å². The van der Waals surface area contributed by atoms with Crippen molar-refractivity contribution in [2.75, 3.05) is 11.1 Å². The first kappa shape index (κ1) is 10.9. The Labute approximate surface area is 108 Å². The Morgan fingerprint density at radius 2 is 2.11 bits per heavy atom. The van der Waals surface area contributed by atoms with Crippen molar-refractivity contribution >= 4 is 34.3 Å². The number of benzene rings is 1. The van der Waals surface area contributed by atoms with Crippen LogP contribution in [0.3, 0.4) is 0 Å². The third-order valence-corrected chi connectivity index (χ3v) is 2.90. The molecule has 90 valence electrons. The molecular formula is C12H10ClN5. The van der Waals surface area contributed by atoms with E-state index in [1.54, 1.807) is 41.3 Å². The number of nitrogens with one attached hydrogen (secondary N) is 1. The molecule has 0 aliphatic heterocycles. The molecule has 2 heterocycles. The van der Waals surface area contributed by atoms with Gasteiger partial charge in [0.1, 0.15) is 5.52 Å². The number of halogens is 1. The fourth-order valence-electron chi connectivity index (χ4n) is 1.72. The second kappa shape index (κ2) is 4.19. The molecule has 0 aliphatic rings. The first-order chi connectivity index (χ1) is 8.74. The second-order valence-corrected chi connectivity index (χ2v) is 4.21. The topological polar surface area (TPSA) is 68.2 Å². The van der Waals surface area contributed by atoms with E-state index in [2.05, 4.69) is 15.4 Å². The Morgan fingerprint density at radius 1 is 1.22 bits per heavy atom. The number of nitrogens with two attached hydrogens (primary N) is 1. The largest absolute Gasteiger partial charge is 0.399 e. The molecule has 18 heavy (non-hydrogen) atoms. The average molecular weight is 260 g/mol. The Hall–Kier alpha value is -2.27. The van der Waals surface area contributed by atoms with Gasteiger partial charge in [0.25, 0.3) is 0 Å². The van der Waals surface area contributed by atoms with E-state index in [0.717, 1.165) is 11.2 Å². The predicted molar refractivity (Wildman–Crippen MR) is 72.1 cm³/mol. The lowest BCUT2D eigenvalue weighted by atomic mass is 10.3. The maximum atomic E-state index is 6.10. The molecule has 3 rings (SSSR count). The number of nitrogen functional groups attached to an aromatic ring is 1. The van der Waals surface area contributed by atoms with Crippen molar-refractivity contribution in [2.24, 2.45) is 0 Å². The van der Waals surface area contributed by atoms with E-state index in [4.69, 9.17) is 17.3 Å². The average Bonchev–Trinajstić information content (AvgIpc) is 2.83. The van der Waals surface area contributed by atoms with Gasteiger partial charge in [0, 0.05) is 18.1 Å². The zero-order valence-corrected chi connectivity index (χ0v) is 10.1. The monoisotopic (exact) mass is 259 g/mol. The number of hydrogen-bond acceptors (Lipinski definition) is 4. The number of nitrogens with zero attached hydrogens (tertiary/aromatic N) is 3. The summed E-state index contributed by atoms with van der Waals surface area (Å²) >= 11 is 6.10. The lowest BCUT2D eigenvalue weighted by molar-refractivity contribution is 0.948. The number of anilines is 3. The van der Waals surface area contributed by atoms with Crippen LogP contribution in [0.25, 0.3) is 5.52 Å². The number of rotatable bonds is 2. The van der Waals surface area contributed by atoms with Crippen LogP contribution < -0.4 is 11.1 Å². The SMILES string of the molecule is Nc1ccc(Cl)c(Nc2nccn3nccc23)c1. The molecule has 0 saturated heterocycles. The zero-order chi connectivity index (χ0) is 12.5. The zero-order valence-electron chi connectivity index (χ0n) is 9.34. The number of fused-ring (bicyclic) bond motifs is 1. The summed E-state index contributed by atoms with van der Waals surface area (Å²) in [6.45, 7) is 0. The van der Waals surface area contributed by atoms with Gasteiger partial charge in [-0.25, -0.2) is 9.50 Å². The Morgan fingerprint density at radius 3 is 3.00 bits per heavy atom. The summed E-state index contributed by atoms with van der Waals surface area (Å²) in [6.07, 6.45) is 5.16. The molecule has 2 aromatic heterocycles. The maximum absolute atomic E-state index is 6.10. The van der Waals surface area contributed by atoms with Crippen LogP contribution in [0.5, 0.6) is 0 Å². The molecule has 0 bridgehead atoms.